The van der Waals surface area contributed by atoms with Gasteiger partial charge in [0.1, 0.15) is 0 Å². The van der Waals surface area contributed by atoms with Crippen molar-refractivity contribution in [1.82, 2.24) is 29.8 Å². The highest BCUT2D eigenvalue weighted by molar-refractivity contribution is 5.80. The molecule has 0 aliphatic carbocycles. The molecule has 0 aliphatic rings. The zero-order valence-electron chi connectivity index (χ0n) is 20.2. The Balaban J connectivity index is 1.67. The number of nitrogens with zero attached hydrogens (tertiary/aromatic N) is 5. The number of halogens is 1. The van der Waals surface area contributed by atoms with Gasteiger partial charge in [0.25, 0.3) is 0 Å². The second kappa shape index (κ2) is 10.6. The molecule has 2 heterocycles. The maximum absolute atomic E-state index is 15.2. The van der Waals surface area contributed by atoms with E-state index >= 15 is 4.39 Å². The number of aromatic nitrogens is 6. The lowest BCUT2D eigenvalue weighted by atomic mass is 9.98. The minimum absolute atomic E-state index is 0.124. The van der Waals surface area contributed by atoms with E-state index in [-0.39, 0.29) is 18.7 Å². The van der Waals surface area contributed by atoms with Gasteiger partial charge in [0.05, 0.1) is 12.2 Å². The highest BCUT2D eigenvalue weighted by Crippen LogP contribution is 2.30. The van der Waals surface area contributed by atoms with Crippen LogP contribution in [0.5, 0.6) is 0 Å². The van der Waals surface area contributed by atoms with Crippen molar-refractivity contribution in [2.45, 2.75) is 53.0 Å². The van der Waals surface area contributed by atoms with E-state index in [1.54, 1.807) is 0 Å². The molecule has 182 valence electrons. The first kappa shape index (κ1) is 24.3. The number of carbonyl (C=O) groups excluding carboxylic acids is 1. The molecular weight excluding hydrogens is 447 g/mol. The molecule has 0 fully saturated rings. The van der Waals surface area contributed by atoms with E-state index in [4.69, 9.17) is 0 Å². The predicted octanol–water partition coefficient (Wildman–Crippen LogP) is 4.71. The number of imidazole rings is 1. The Kier molecular flexibility index (Phi) is 7.33. The number of carbonyl (C=O) groups is 1. The van der Waals surface area contributed by atoms with Crippen LogP contribution in [0.15, 0.2) is 53.3 Å². The summed E-state index contributed by atoms with van der Waals surface area (Å²) in [5.41, 5.74) is 3.27. The van der Waals surface area contributed by atoms with Crippen LogP contribution in [0.2, 0.25) is 0 Å². The zero-order valence-corrected chi connectivity index (χ0v) is 20.2. The second-order valence-electron chi connectivity index (χ2n) is 9.01. The van der Waals surface area contributed by atoms with Crippen molar-refractivity contribution in [1.29, 1.82) is 0 Å². The summed E-state index contributed by atoms with van der Waals surface area (Å²) in [6.45, 7) is 6.11. The summed E-state index contributed by atoms with van der Waals surface area (Å²) in [5, 5.41) is 14.1. The smallest absolute Gasteiger partial charge is 0.288 e. The number of tetrazole rings is 1. The van der Waals surface area contributed by atoms with Crippen LogP contribution in [0.1, 0.15) is 56.1 Å². The van der Waals surface area contributed by atoms with E-state index in [0.29, 0.717) is 35.6 Å². The molecule has 0 unspecified atom stereocenters. The van der Waals surface area contributed by atoms with Gasteiger partial charge >= 0.3 is 5.69 Å². The van der Waals surface area contributed by atoms with Gasteiger partial charge in [-0.2, -0.15) is 4.39 Å². The average molecular weight is 477 g/mol. The molecule has 0 spiro atoms. The monoisotopic (exact) mass is 476 g/mol. The summed E-state index contributed by atoms with van der Waals surface area (Å²) < 4.78 is 17.3. The van der Waals surface area contributed by atoms with Crippen LogP contribution in [-0.4, -0.2) is 35.7 Å². The maximum Gasteiger partial charge on any atom is 0.337 e. The van der Waals surface area contributed by atoms with Crippen LogP contribution in [0.25, 0.3) is 22.5 Å². The lowest BCUT2D eigenvalue weighted by Crippen LogP contribution is -2.30. The van der Waals surface area contributed by atoms with Crippen LogP contribution in [-0.2, 0) is 13.0 Å². The molecule has 0 saturated carbocycles. The van der Waals surface area contributed by atoms with Crippen LogP contribution in [0.4, 0.5) is 4.39 Å². The minimum Gasteiger partial charge on any atom is -0.288 e. The van der Waals surface area contributed by atoms with Gasteiger partial charge in [-0.15, -0.1) is 5.10 Å². The number of rotatable bonds is 9. The Morgan fingerprint density at radius 1 is 1.09 bits per heavy atom. The second-order valence-corrected chi connectivity index (χ2v) is 9.01. The summed E-state index contributed by atoms with van der Waals surface area (Å²) in [6.07, 6.45) is 1.78. The standard InChI is InChI=1S/C26H29FN6O2/c1-4-7-23(34)33-24(27)22(15-10-17(2)3)32(26(33)35)16-18-11-13-19(14-12-18)20-8-5-6-9-21(20)25-28-30-31-29-25/h5-6,8-9,11-14,17H,4,7,10,15-16H2,1-3H3,(H,28,29,30,31). The van der Waals surface area contributed by atoms with Gasteiger partial charge in [0.2, 0.25) is 11.9 Å². The van der Waals surface area contributed by atoms with Crippen molar-refractivity contribution in [3.05, 3.63) is 76.2 Å². The highest BCUT2D eigenvalue weighted by atomic mass is 19.1. The van der Waals surface area contributed by atoms with E-state index in [0.717, 1.165) is 22.3 Å². The van der Waals surface area contributed by atoms with Gasteiger partial charge in [0, 0.05) is 12.0 Å². The molecule has 0 radical (unpaired) electrons. The van der Waals surface area contributed by atoms with E-state index in [1.807, 2.05) is 69.3 Å². The largest absolute Gasteiger partial charge is 0.337 e. The molecule has 0 amide bonds. The van der Waals surface area contributed by atoms with Gasteiger partial charge in [-0.25, -0.2) is 14.5 Å². The van der Waals surface area contributed by atoms with Crippen LogP contribution < -0.4 is 5.69 Å². The first-order valence-electron chi connectivity index (χ1n) is 11.9. The van der Waals surface area contributed by atoms with Crippen molar-refractivity contribution in [2.75, 3.05) is 0 Å². The van der Waals surface area contributed by atoms with E-state index < -0.39 is 17.5 Å². The van der Waals surface area contributed by atoms with Crippen molar-refractivity contribution in [2.24, 2.45) is 5.92 Å². The number of benzene rings is 2. The summed E-state index contributed by atoms with van der Waals surface area (Å²) >= 11 is 0. The predicted molar refractivity (Wildman–Crippen MR) is 131 cm³/mol. The fourth-order valence-electron chi connectivity index (χ4n) is 4.12. The Bertz CT molecular complexity index is 1350. The van der Waals surface area contributed by atoms with Gasteiger partial charge in [-0.1, -0.05) is 69.3 Å². The lowest BCUT2D eigenvalue weighted by molar-refractivity contribution is 0.0883. The number of nitrogens with one attached hydrogen (secondary N) is 1. The Morgan fingerprint density at radius 3 is 2.43 bits per heavy atom. The molecule has 8 nitrogen and oxygen atoms in total. The molecule has 0 atom stereocenters. The molecule has 2 aromatic heterocycles. The van der Waals surface area contributed by atoms with Crippen molar-refractivity contribution >= 4 is 5.91 Å². The summed E-state index contributed by atoms with van der Waals surface area (Å²) in [5.74, 6) is -0.333. The van der Waals surface area contributed by atoms with Crippen molar-refractivity contribution in [3.63, 3.8) is 0 Å². The van der Waals surface area contributed by atoms with E-state index in [1.165, 1.54) is 4.57 Å². The number of hydrogen-bond donors (Lipinski definition) is 1. The van der Waals surface area contributed by atoms with Crippen molar-refractivity contribution < 1.29 is 9.18 Å². The lowest BCUT2D eigenvalue weighted by Gasteiger charge is -2.11. The molecule has 9 heteroatoms. The number of aromatic amines is 1. The number of H-pyrrole nitrogens is 1. The molecule has 4 aromatic rings. The van der Waals surface area contributed by atoms with E-state index in [2.05, 4.69) is 20.6 Å². The quantitative estimate of drug-likeness (QED) is 0.377. The van der Waals surface area contributed by atoms with Crippen LogP contribution >= 0.6 is 0 Å². The van der Waals surface area contributed by atoms with Crippen LogP contribution in [0, 0.1) is 11.9 Å². The SMILES string of the molecule is CCCC(=O)n1c(F)c(CCC(C)C)n(Cc2ccc(-c3ccccc3-c3nnn[nH]3)cc2)c1=O. The molecule has 0 aliphatic heterocycles. The molecular formula is C26H29FN6O2. The van der Waals surface area contributed by atoms with Gasteiger partial charge in [0.15, 0.2) is 5.82 Å². The molecule has 1 N–H and O–H groups in total. The third kappa shape index (κ3) is 5.13. The fraction of sp³-hybridized carbons (Fsp3) is 0.346. The first-order chi connectivity index (χ1) is 16.9. The third-order valence-electron chi connectivity index (χ3n) is 5.99. The van der Waals surface area contributed by atoms with Gasteiger partial charge < -0.3 is 0 Å². The summed E-state index contributed by atoms with van der Waals surface area (Å²) in [6, 6.07) is 15.5. The zero-order chi connectivity index (χ0) is 24.9. The Labute approximate surface area is 202 Å². The molecule has 2 aromatic carbocycles. The molecule has 0 bridgehead atoms. The summed E-state index contributed by atoms with van der Waals surface area (Å²) in [4.78, 5) is 25.5. The van der Waals surface area contributed by atoms with Gasteiger partial charge in [-0.05, 0) is 52.3 Å². The topological polar surface area (TPSA) is 98.5 Å². The molecule has 0 saturated heterocycles. The highest BCUT2D eigenvalue weighted by Gasteiger charge is 2.24. The average Bonchev–Trinajstić information content (AvgIpc) is 3.46. The first-order valence-corrected chi connectivity index (χ1v) is 11.9. The number of hydrogen-bond acceptors (Lipinski definition) is 5. The third-order valence-corrected chi connectivity index (χ3v) is 5.99. The maximum atomic E-state index is 15.2. The summed E-state index contributed by atoms with van der Waals surface area (Å²) in [7, 11) is 0. The Morgan fingerprint density at radius 2 is 1.80 bits per heavy atom. The van der Waals surface area contributed by atoms with Crippen molar-refractivity contribution in [3.8, 4) is 22.5 Å². The molecule has 4 rings (SSSR count). The minimum atomic E-state index is -0.736. The fourth-order valence-corrected chi connectivity index (χ4v) is 4.12. The van der Waals surface area contributed by atoms with E-state index in [9.17, 15) is 9.59 Å². The normalized spacial score (nSPS) is 11.3. The Hall–Kier alpha value is -3.88. The van der Waals surface area contributed by atoms with Crippen LogP contribution in [0.3, 0.4) is 0 Å². The molecule has 35 heavy (non-hydrogen) atoms. The van der Waals surface area contributed by atoms with Gasteiger partial charge in [-0.3, -0.25) is 9.36 Å².